The van der Waals surface area contributed by atoms with Gasteiger partial charge in [0.25, 0.3) is 0 Å². The number of hydrogen-bond donors (Lipinski definition) is 2. The smallest absolute Gasteiger partial charge is 0.401 e. The van der Waals surface area contributed by atoms with E-state index in [0.717, 1.165) is 11.0 Å². The maximum atomic E-state index is 12.5. The van der Waals surface area contributed by atoms with Crippen molar-refractivity contribution < 1.29 is 31.5 Å². The number of carboxylic acid groups (broad SMARTS) is 1. The Hall–Kier alpha value is -1.65. The monoisotopic (exact) mass is 396 g/mol. The number of nitrogens with one attached hydrogen (secondary N) is 1. The van der Waals surface area contributed by atoms with Gasteiger partial charge in [0.2, 0.25) is 10.0 Å². The molecular weight excluding hydrogens is 373 g/mol. The van der Waals surface area contributed by atoms with Gasteiger partial charge in [-0.3, -0.25) is 4.90 Å². The molecule has 0 aliphatic carbocycles. The zero-order valence-corrected chi connectivity index (χ0v) is 15.6. The van der Waals surface area contributed by atoms with Gasteiger partial charge < -0.3 is 5.11 Å². The number of benzene rings is 1. The summed E-state index contributed by atoms with van der Waals surface area (Å²) in [6.07, 6.45) is -4.13. The van der Waals surface area contributed by atoms with Crippen LogP contribution in [0.1, 0.15) is 42.1 Å². The summed E-state index contributed by atoms with van der Waals surface area (Å²) in [7, 11) is -2.68. The minimum Gasteiger partial charge on any atom is -0.478 e. The van der Waals surface area contributed by atoms with Crippen molar-refractivity contribution in [3.8, 4) is 0 Å². The molecule has 10 heteroatoms. The third-order valence-corrected chi connectivity index (χ3v) is 5.15. The average molecular weight is 396 g/mol. The maximum absolute atomic E-state index is 12.5. The molecule has 2 N–H and O–H groups in total. The number of sulfonamides is 1. The molecule has 0 unspecified atom stereocenters. The van der Waals surface area contributed by atoms with Gasteiger partial charge in [0, 0.05) is 6.54 Å². The van der Waals surface area contributed by atoms with Crippen LogP contribution < -0.4 is 4.72 Å². The quantitative estimate of drug-likeness (QED) is 0.627. The van der Waals surface area contributed by atoms with Gasteiger partial charge in [-0.05, 0) is 43.6 Å². The summed E-state index contributed by atoms with van der Waals surface area (Å²) in [6.45, 7) is 2.49. The van der Waals surface area contributed by atoms with E-state index in [2.05, 4.69) is 4.72 Å². The van der Waals surface area contributed by atoms with Crippen LogP contribution in [0.25, 0.3) is 0 Å². The van der Waals surface area contributed by atoms with E-state index in [0.29, 0.717) is 5.56 Å². The first-order valence-corrected chi connectivity index (χ1v) is 9.44. The standard InChI is InChI=1S/C16H23F3N2O4S/c1-11(2)13-6-5-12(15(22)23)9-14(13)26(24,25)20-7-4-8-21(3)10-16(17,18)19/h5-6,9,11,20H,4,7-8,10H2,1-3H3,(H,22,23). The second-order valence-corrected chi connectivity index (χ2v) is 8.05. The first-order valence-electron chi connectivity index (χ1n) is 7.95. The molecule has 1 rings (SSSR count). The van der Waals surface area contributed by atoms with Gasteiger partial charge in [-0.15, -0.1) is 0 Å². The van der Waals surface area contributed by atoms with E-state index in [1.54, 1.807) is 13.8 Å². The Kier molecular flexibility index (Phi) is 7.60. The molecule has 0 amide bonds. The number of rotatable bonds is 9. The minimum atomic E-state index is -4.31. The van der Waals surface area contributed by atoms with Crippen LogP contribution in [0.15, 0.2) is 23.1 Å². The van der Waals surface area contributed by atoms with Gasteiger partial charge in [0.1, 0.15) is 0 Å². The zero-order valence-electron chi connectivity index (χ0n) is 14.8. The van der Waals surface area contributed by atoms with Crippen molar-refractivity contribution in [2.75, 3.05) is 26.7 Å². The summed E-state index contributed by atoms with van der Waals surface area (Å²) in [6, 6.07) is 3.89. The first-order chi connectivity index (χ1) is 11.8. The second kappa shape index (κ2) is 8.83. The highest BCUT2D eigenvalue weighted by atomic mass is 32.2. The van der Waals surface area contributed by atoms with Crippen molar-refractivity contribution in [3.05, 3.63) is 29.3 Å². The number of aromatic carboxylic acids is 1. The summed E-state index contributed by atoms with van der Waals surface area (Å²) in [5, 5.41) is 9.06. The molecule has 0 aliphatic rings. The molecule has 0 spiro atoms. The van der Waals surface area contributed by atoms with Crippen molar-refractivity contribution in [1.29, 1.82) is 0 Å². The van der Waals surface area contributed by atoms with Crippen molar-refractivity contribution in [1.82, 2.24) is 9.62 Å². The lowest BCUT2D eigenvalue weighted by molar-refractivity contribution is -0.143. The average Bonchev–Trinajstić information content (AvgIpc) is 2.49. The van der Waals surface area contributed by atoms with E-state index in [-0.39, 0.29) is 35.9 Å². The zero-order chi connectivity index (χ0) is 20.1. The summed E-state index contributed by atoms with van der Waals surface area (Å²) < 4.78 is 64.1. The number of hydrogen-bond acceptors (Lipinski definition) is 4. The SMILES string of the molecule is CC(C)c1ccc(C(=O)O)cc1S(=O)(=O)NCCCN(C)CC(F)(F)F. The van der Waals surface area contributed by atoms with E-state index in [1.807, 2.05) is 0 Å². The van der Waals surface area contributed by atoms with Crippen molar-refractivity contribution in [2.45, 2.75) is 37.3 Å². The van der Waals surface area contributed by atoms with Crippen LogP contribution in [0, 0.1) is 0 Å². The fourth-order valence-corrected chi connectivity index (χ4v) is 3.86. The van der Waals surface area contributed by atoms with E-state index in [4.69, 9.17) is 5.11 Å². The van der Waals surface area contributed by atoms with E-state index in [1.165, 1.54) is 19.2 Å². The van der Waals surface area contributed by atoms with Gasteiger partial charge in [0.15, 0.2) is 0 Å². The Labute approximate surface area is 151 Å². The fraction of sp³-hybridized carbons (Fsp3) is 0.562. The predicted molar refractivity (Wildman–Crippen MR) is 90.8 cm³/mol. The van der Waals surface area contributed by atoms with E-state index in [9.17, 15) is 26.4 Å². The highest BCUT2D eigenvalue weighted by Gasteiger charge is 2.29. The third kappa shape index (κ3) is 6.93. The second-order valence-electron chi connectivity index (χ2n) is 6.32. The summed E-state index contributed by atoms with van der Waals surface area (Å²) >= 11 is 0. The van der Waals surface area contributed by atoms with E-state index < -0.39 is 28.7 Å². The van der Waals surface area contributed by atoms with Crippen LogP contribution in [0.5, 0.6) is 0 Å². The van der Waals surface area contributed by atoms with Crippen LogP contribution in [-0.4, -0.2) is 57.3 Å². The molecule has 26 heavy (non-hydrogen) atoms. The van der Waals surface area contributed by atoms with Crippen LogP contribution in [0.4, 0.5) is 13.2 Å². The molecule has 0 aliphatic heterocycles. The van der Waals surface area contributed by atoms with Crippen molar-refractivity contribution in [2.24, 2.45) is 0 Å². The van der Waals surface area contributed by atoms with Gasteiger partial charge in [-0.25, -0.2) is 17.9 Å². The predicted octanol–water partition coefficient (Wildman–Crippen LogP) is 2.67. The number of carboxylic acids is 1. The molecule has 0 heterocycles. The van der Waals surface area contributed by atoms with Crippen LogP contribution in [0.2, 0.25) is 0 Å². The summed E-state index contributed by atoms with van der Waals surface area (Å²) in [4.78, 5) is 12.0. The fourth-order valence-electron chi connectivity index (χ4n) is 2.40. The molecule has 0 fully saturated rings. The Morgan fingerprint density at radius 2 is 1.92 bits per heavy atom. The largest absolute Gasteiger partial charge is 0.478 e. The molecule has 0 atom stereocenters. The third-order valence-electron chi connectivity index (χ3n) is 3.63. The highest BCUT2D eigenvalue weighted by molar-refractivity contribution is 7.89. The summed E-state index contributed by atoms with van der Waals surface area (Å²) in [5.74, 6) is -1.40. The lowest BCUT2D eigenvalue weighted by atomic mass is 10.0. The lowest BCUT2D eigenvalue weighted by Gasteiger charge is -2.19. The topological polar surface area (TPSA) is 86.7 Å². The molecule has 0 bridgehead atoms. The van der Waals surface area contributed by atoms with Crippen LogP contribution >= 0.6 is 0 Å². The number of halogens is 3. The number of nitrogens with zero attached hydrogens (tertiary/aromatic N) is 1. The highest BCUT2D eigenvalue weighted by Crippen LogP contribution is 2.25. The summed E-state index contributed by atoms with van der Waals surface area (Å²) in [5.41, 5.74) is 0.316. The van der Waals surface area contributed by atoms with Gasteiger partial charge in [-0.2, -0.15) is 13.2 Å². The molecule has 1 aromatic carbocycles. The van der Waals surface area contributed by atoms with Gasteiger partial charge in [-0.1, -0.05) is 19.9 Å². The molecular formula is C16H23F3N2O4S. The Morgan fingerprint density at radius 1 is 1.31 bits per heavy atom. The number of carbonyl (C=O) groups is 1. The van der Waals surface area contributed by atoms with Crippen molar-refractivity contribution in [3.63, 3.8) is 0 Å². The van der Waals surface area contributed by atoms with Crippen LogP contribution in [-0.2, 0) is 10.0 Å². The van der Waals surface area contributed by atoms with E-state index >= 15 is 0 Å². The molecule has 0 saturated carbocycles. The Morgan fingerprint density at radius 3 is 2.42 bits per heavy atom. The van der Waals surface area contributed by atoms with Crippen molar-refractivity contribution >= 4 is 16.0 Å². The Bertz CT molecular complexity index is 734. The normalized spacial score (nSPS) is 12.8. The minimum absolute atomic E-state index is 0.0562. The molecule has 0 aromatic heterocycles. The molecule has 1 aromatic rings. The van der Waals surface area contributed by atoms with Gasteiger partial charge >= 0.3 is 12.1 Å². The molecule has 148 valence electrons. The van der Waals surface area contributed by atoms with Gasteiger partial charge in [0.05, 0.1) is 17.0 Å². The molecule has 0 radical (unpaired) electrons. The Balaban J connectivity index is 2.81. The van der Waals surface area contributed by atoms with Crippen LogP contribution in [0.3, 0.4) is 0 Å². The molecule has 0 saturated heterocycles. The number of alkyl halides is 3. The first kappa shape index (κ1) is 22.4. The maximum Gasteiger partial charge on any atom is 0.401 e. The lowest BCUT2D eigenvalue weighted by Crippen LogP contribution is -2.34. The molecule has 6 nitrogen and oxygen atoms in total.